The van der Waals surface area contributed by atoms with Gasteiger partial charge < -0.3 is 4.90 Å². The highest BCUT2D eigenvalue weighted by atomic mass is 28.3. The van der Waals surface area contributed by atoms with E-state index in [0.717, 1.165) is 39.3 Å². The molecule has 0 N–H and O–H groups in total. The average Bonchev–Trinajstić information content (AvgIpc) is 3.44. The predicted octanol–water partition coefficient (Wildman–Crippen LogP) is 13.0. The summed E-state index contributed by atoms with van der Waals surface area (Å²) in [5.74, 6) is 0. The summed E-state index contributed by atoms with van der Waals surface area (Å²) in [6.45, 7) is 0. The largest absolute Gasteiger partial charge is 0.310 e. The second kappa shape index (κ2) is 16.6. The Morgan fingerprint density at radius 2 is 0.754 bits per heavy atom. The molecule has 0 amide bonds. The summed E-state index contributed by atoms with van der Waals surface area (Å²) < 4.78 is 0. The molecule has 4 heterocycles. The van der Waals surface area contributed by atoms with Gasteiger partial charge in [0.1, 0.15) is 0 Å². The van der Waals surface area contributed by atoms with Gasteiger partial charge in [-0.3, -0.25) is 9.97 Å². The number of hydrogen-bond acceptors (Lipinski definition) is 3. The molecule has 0 fully saturated rings. The van der Waals surface area contributed by atoms with Crippen molar-refractivity contribution in [3.63, 3.8) is 0 Å². The van der Waals surface area contributed by atoms with Gasteiger partial charge in [-0.25, -0.2) is 0 Å². The van der Waals surface area contributed by atoms with Gasteiger partial charge in [0.15, 0.2) is 8.07 Å². The fourth-order valence-corrected chi connectivity index (χ4v) is 17.0. The molecule has 2 aliphatic heterocycles. The summed E-state index contributed by atoms with van der Waals surface area (Å²) in [6.07, 6.45) is 7.56. The van der Waals surface area contributed by atoms with Crippen molar-refractivity contribution in [2.75, 3.05) is 4.90 Å². The maximum atomic E-state index is 4.59. The molecule has 4 heteroatoms. The highest BCUT2D eigenvalue weighted by molar-refractivity contribution is 7.20. The van der Waals surface area contributed by atoms with E-state index < -0.39 is 13.5 Å². The summed E-state index contributed by atoms with van der Waals surface area (Å²) in [6, 6.07) is 93.2. The Bertz CT molecular complexity index is 3420. The fraction of sp³-hybridized carbons (Fsp3) is 0.0154. The minimum Gasteiger partial charge on any atom is -0.310 e. The van der Waals surface area contributed by atoms with Crippen molar-refractivity contribution in [3.8, 4) is 44.5 Å². The molecule has 3 nitrogen and oxygen atoms in total. The van der Waals surface area contributed by atoms with Gasteiger partial charge in [-0.2, -0.15) is 0 Å². The molecule has 11 aromatic rings. The zero-order chi connectivity index (χ0) is 45.8. The standard InChI is InChI=1S/C65H45N3Si/c1-5-18-46(19-6-1)49-31-33-61-59(43-49)65(57-27-13-15-29-63(57)69(55-23-9-3-10-24-55,56-25-11-4-12-26-56)64-30-16-14-28-58(64)65)60-44-50(47-20-7-2-8-21-47)32-34-62(60)68(61)54-41-52(48-35-38-66-39-36-48)40-53(42-54)51-22-17-37-67-45-51/h1-45H. The third-order valence-corrected chi connectivity index (χ3v) is 19.5. The number of hydrogen-bond donors (Lipinski definition) is 0. The topological polar surface area (TPSA) is 29.0 Å². The van der Waals surface area contributed by atoms with Crippen LogP contribution in [-0.2, 0) is 5.41 Å². The lowest BCUT2D eigenvalue weighted by atomic mass is 9.61. The van der Waals surface area contributed by atoms with E-state index in [1.54, 1.807) is 0 Å². The van der Waals surface area contributed by atoms with Crippen LogP contribution in [-0.4, -0.2) is 18.0 Å². The van der Waals surface area contributed by atoms with E-state index >= 15 is 0 Å². The van der Waals surface area contributed by atoms with Gasteiger partial charge in [0.05, 0.1) is 16.8 Å². The van der Waals surface area contributed by atoms with Crippen LogP contribution in [0.5, 0.6) is 0 Å². The van der Waals surface area contributed by atoms with Crippen molar-refractivity contribution in [1.29, 1.82) is 0 Å². The third-order valence-electron chi connectivity index (χ3n) is 14.6. The van der Waals surface area contributed by atoms with Crippen molar-refractivity contribution in [1.82, 2.24) is 9.97 Å². The first-order valence-corrected chi connectivity index (χ1v) is 25.7. The monoisotopic (exact) mass is 895 g/mol. The molecular weight excluding hydrogens is 851 g/mol. The van der Waals surface area contributed by atoms with Crippen molar-refractivity contribution < 1.29 is 0 Å². The summed E-state index contributed by atoms with van der Waals surface area (Å²) in [4.78, 5) is 11.5. The molecule has 0 saturated carbocycles. The molecule has 0 saturated heterocycles. The van der Waals surface area contributed by atoms with E-state index in [4.69, 9.17) is 0 Å². The van der Waals surface area contributed by atoms with Gasteiger partial charge in [-0.1, -0.05) is 188 Å². The lowest BCUT2D eigenvalue weighted by Gasteiger charge is -2.53. The average molecular weight is 896 g/mol. The zero-order valence-corrected chi connectivity index (χ0v) is 38.8. The Hall–Kier alpha value is -8.70. The van der Waals surface area contributed by atoms with Crippen LogP contribution in [0.1, 0.15) is 22.3 Å². The maximum absolute atomic E-state index is 4.59. The molecule has 1 spiro atoms. The number of benzene rings is 9. The first kappa shape index (κ1) is 40.6. The minimum atomic E-state index is -2.98. The smallest absolute Gasteiger partial charge is 0.180 e. The van der Waals surface area contributed by atoms with Gasteiger partial charge in [0.25, 0.3) is 0 Å². The Morgan fingerprint density at radius 3 is 1.26 bits per heavy atom. The van der Waals surface area contributed by atoms with Crippen molar-refractivity contribution >= 4 is 45.9 Å². The van der Waals surface area contributed by atoms with Crippen molar-refractivity contribution in [2.24, 2.45) is 0 Å². The number of pyridine rings is 2. The Balaban J connectivity index is 1.20. The Labute approximate surface area is 404 Å². The molecule has 324 valence electrons. The summed E-state index contributed by atoms with van der Waals surface area (Å²) >= 11 is 0. The first-order chi connectivity index (χ1) is 34.2. The molecule has 0 radical (unpaired) electrons. The van der Waals surface area contributed by atoms with Gasteiger partial charge >= 0.3 is 0 Å². The minimum absolute atomic E-state index is 0.751. The van der Waals surface area contributed by atoms with E-state index in [0.29, 0.717) is 0 Å². The van der Waals surface area contributed by atoms with E-state index in [9.17, 15) is 0 Å². The molecular formula is C65H45N3Si. The van der Waals surface area contributed by atoms with Gasteiger partial charge in [0, 0.05) is 36.0 Å². The van der Waals surface area contributed by atoms with Crippen LogP contribution in [0.25, 0.3) is 44.5 Å². The molecule has 9 aromatic carbocycles. The van der Waals surface area contributed by atoms with Crippen LogP contribution < -0.4 is 25.6 Å². The van der Waals surface area contributed by atoms with Crippen molar-refractivity contribution in [2.45, 2.75) is 5.41 Å². The highest BCUT2D eigenvalue weighted by Crippen LogP contribution is 2.60. The molecule has 13 rings (SSSR count). The number of nitrogens with zero attached hydrogens (tertiary/aromatic N) is 3. The van der Waals surface area contributed by atoms with Gasteiger partial charge in [-0.15, -0.1) is 0 Å². The second-order valence-corrected chi connectivity index (χ2v) is 21.8. The molecule has 0 bridgehead atoms. The molecule has 0 atom stereocenters. The van der Waals surface area contributed by atoms with Crippen LogP contribution >= 0.6 is 0 Å². The van der Waals surface area contributed by atoms with Crippen LogP contribution in [0.15, 0.2) is 274 Å². The number of aromatic nitrogens is 2. The molecule has 2 aromatic heterocycles. The zero-order valence-electron chi connectivity index (χ0n) is 37.8. The maximum Gasteiger partial charge on any atom is 0.180 e. The van der Waals surface area contributed by atoms with Crippen molar-refractivity contribution in [3.05, 3.63) is 296 Å². The molecule has 2 aliphatic rings. The summed E-state index contributed by atoms with van der Waals surface area (Å²) in [5, 5.41) is 5.55. The normalized spacial score (nSPS) is 13.7. The fourth-order valence-electron chi connectivity index (χ4n) is 11.7. The second-order valence-electron chi connectivity index (χ2n) is 18.1. The highest BCUT2D eigenvalue weighted by Gasteiger charge is 2.58. The lowest BCUT2D eigenvalue weighted by Crippen LogP contribution is -2.79. The van der Waals surface area contributed by atoms with E-state index in [1.165, 1.54) is 65.3 Å². The third kappa shape index (κ3) is 6.33. The van der Waals surface area contributed by atoms with Crippen LogP contribution in [0.3, 0.4) is 0 Å². The molecule has 0 unspecified atom stereocenters. The van der Waals surface area contributed by atoms with Crippen LogP contribution in [0.2, 0.25) is 0 Å². The summed E-state index contributed by atoms with van der Waals surface area (Å²) in [5.41, 5.74) is 16.8. The summed E-state index contributed by atoms with van der Waals surface area (Å²) in [7, 11) is -2.98. The van der Waals surface area contributed by atoms with E-state index in [1.807, 2.05) is 30.9 Å². The predicted molar refractivity (Wildman–Crippen MR) is 288 cm³/mol. The van der Waals surface area contributed by atoms with E-state index in [2.05, 4.69) is 258 Å². The number of rotatable bonds is 7. The lowest BCUT2D eigenvalue weighted by molar-refractivity contribution is 0.736. The molecule has 69 heavy (non-hydrogen) atoms. The first-order valence-electron chi connectivity index (χ1n) is 23.7. The van der Waals surface area contributed by atoms with Gasteiger partial charge in [-0.05, 0) is 143 Å². The quantitative estimate of drug-likeness (QED) is 0.149. The molecule has 0 aliphatic carbocycles. The number of anilines is 3. The number of fused-ring (bicyclic) bond motifs is 8. The van der Waals surface area contributed by atoms with Crippen LogP contribution in [0.4, 0.5) is 17.1 Å². The van der Waals surface area contributed by atoms with E-state index in [-0.39, 0.29) is 0 Å². The van der Waals surface area contributed by atoms with Gasteiger partial charge in [0.2, 0.25) is 0 Å². The Kier molecular flexibility index (Phi) is 9.74. The Morgan fingerprint density at radius 1 is 0.304 bits per heavy atom. The van der Waals surface area contributed by atoms with Crippen LogP contribution in [0, 0.1) is 0 Å². The SMILES string of the molecule is c1ccc(-c2ccc3c(c2)C2(c4cc(-c5ccccc5)ccc4N3c3cc(-c4ccncc4)cc(-c4cccnc4)c3)c3ccccc3[Si](c3ccccc3)(c3ccccc3)c3ccccc32)cc1.